The van der Waals surface area contributed by atoms with Crippen molar-refractivity contribution in [2.75, 3.05) is 17.7 Å². The quantitative estimate of drug-likeness (QED) is 0.742. The molecule has 1 aromatic heterocycles. The summed E-state index contributed by atoms with van der Waals surface area (Å²) in [5.41, 5.74) is 1.64. The molecular formula is C17H15FN4O. The van der Waals surface area contributed by atoms with Gasteiger partial charge in [0.1, 0.15) is 29.5 Å². The first-order chi connectivity index (χ1) is 11.2. The summed E-state index contributed by atoms with van der Waals surface area (Å²) in [6, 6.07) is 15.4. The highest BCUT2D eigenvalue weighted by Crippen LogP contribution is 2.21. The lowest BCUT2D eigenvalue weighted by atomic mass is 10.3. The van der Waals surface area contributed by atoms with E-state index >= 15 is 0 Å². The van der Waals surface area contributed by atoms with E-state index in [9.17, 15) is 4.39 Å². The van der Waals surface area contributed by atoms with Crippen LogP contribution in [-0.2, 0) is 0 Å². The van der Waals surface area contributed by atoms with Crippen molar-refractivity contribution in [1.29, 1.82) is 0 Å². The number of hydrogen-bond donors (Lipinski definition) is 2. The summed E-state index contributed by atoms with van der Waals surface area (Å²) in [5.74, 6) is 1.77. The first-order valence-electron chi connectivity index (χ1n) is 6.99. The molecule has 2 aromatic carbocycles. The van der Waals surface area contributed by atoms with E-state index in [0.29, 0.717) is 11.6 Å². The smallest absolute Gasteiger partial charge is 0.135 e. The molecule has 0 amide bonds. The predicted octanol–water partition coefficient (Wildman–Crippen LogP) is 4.11. The molecule has 0 aliphatic heterocycles. The second-order valence-electron chi connectivity index (χ2n) is 4.77. The molecule has 0 spiro atoms. The fourth-order valence-electron chi connectivity index (χ4n) is 2.00. The molecule has 0 unspecified atom stereocenters. The van der Waals surface area contributed by atoms with Crippen LogP contribution >= 0.6 is 0 Å². The predicted molar refractivity (Wildman–Crippen MR) is 88.0 cm³/mol. The molecule has 3 rings (SSSR count). The fourth-order valence-corrected chi connectivity index (χ4v) is 2.00. The van der Waals surface area contributed by atoms with E-state index in [-0.39, 0.29) is 5.82 Å². The van der Waals surface area contributed by atoms with Gasteiger partial charge < -0.3 is 15.4 Å². The second-order valence-corrected chi connectivity index (χ2v) is 4.77. The fraction of sp³-hybridized carbons (Fsp3) is 0.0588. The third-order valence-electron chi connectivity index (χ3n) is 3.15. The topological polar surface area (TPSA) is 59.1 Å². The number of anilines is 4. The average Bonchev–Trinajstić information content (AvgIpc) is 2.58. The molecule has 0 saturated carbocycles. The number of halogens is 1. The highest BCUT2D eigenvalue weighted by Gasteiger charge is 2.01. The summed E-state index contributed by atoms with van der Waals surface area (Å²) in [6.07, 6.45) is 1.46. The van der Waals surface area contributed by atoms with Crippen molar-refractivity contribution in [3.8, 4) is 5.75 Å². The number of benzene rings is 2. The maximum absolute atomic E-state index is 12.9. The highest BCUT2D eigenvalue weighted by atomic mass is 19.1. The highest BCUT2D eigenvalue weighted by molar-refractivity contribution is 5.63. The minimum atomic E-state index is -0.278. The Morgan fingerprint density at radius 3 is 1.87 bits per heavy atom. The van der Waals surface area contributed by atoms with Gasteiger partial charge in [0, 0.05) is 17.4 Å². The lowest BCUT2D eigenvalue weighted by Gasteiger charge is -2.09. The Morgan fingerprint density at radius 1 is 0.826 bits per heavy atom. The van der Waals surface area contributed by atoms with Gasteiger partial charge in [0.05, 0.1) is 7.11 Å². The van der Waals surface area contributed by atoms with Crippen LogP contribution in [0.3, 0.4) is 0 Å². The molecule has 0 aliphatic carbocycles. The second kappa shape index (κ2) is 6.74. The minimum Gasteiger partial charge on any atom is -0.497 e. The van der Waals surface area contributed by atoms with Crippen molar-refractivity contribution in [3.63, 3.8) is 0 Å². The van der Waals surface area contributed by atoms with Crippen LogP contribution in [0.25, 0.3) is 0 Å². The van der Waals surface area contributed by atoms with E-state index in [1.165, 1.54) is 18.5 Å². The molecule has 116 valence electrons. The van der Waals surface area contributed by atoms with Crippen LogP contribution in [0.5, 0.6) is 5.75 Å². The van der Waals surface area contributed by atoms with Crippen LogP contribution in [0.1, 0.15) is 0 Å². The van der Waals surface area contributed by atoms with Gasteiger partial charge in [-0.3, -0.25) is 0 Å². The number of hydrogen-bond acceptors (Lipinski definition) is 5. The monoisotopic (exact) mass is 310 g/mol. The first-order valence-corrected chi connectivity index (χ1v) is 6.99. The zero-order valence-electron chi connectivity index (χ0n) is 12.5. The Morgan fingerprint density at radius 2 is 1.35 bits per heavy atom. The number of rotatable bonds is 5. The van der Waals surface area contributed by atoms with Gasteiger partial charge in [0.25, 0.3) is 0 Å². The minimum absolute atomic E-state index is 0.278. The van der Waals surface area contributed by atoms with Crippen molar-refractivity contribution in [3.05, 3.63) is 66.7 Å². The number of aromatic nitrogens is 2. The summed E-state index contributed by atoms with van der Waals surface area (Å²) in [5, 5.41) is 6.28. The lowest BCUT2D eigenvalue weighted by Crippen LogP contribution is -1.98. The van der Waals surface area contributed by atoms with Crippen LogP contribution in [0.4, 0.5) is 27.4 Å². The van der Waals surface area contributed by atoms with Crippen molar-refractivity contribution < 1.29 is 9.13 Å². The number of ether oxygens (including phenoxy) is 1. The maximum Gasteiger partial charge on any atom is 0.135 e. The van der Waals surface area contributed by atoms with Crippen LogP contribution < -0.4 is 15.4 Å². The molecule has 5 nitrogen and oxygen atoms in total. The van der Waals surface area contributed by atoms with Gasteiger partial charge in [-0.25, -0.2) is 14.4 Å². The molecule has 2 N–H and O–H groups in total. The van der Waals surface area contributed by atoms with Gasteiger partial charge in [-0.1, -0.05) is 0 Å². The van der Waals surface area contributed by atoms with Crippen molar-refractivity contribution in [1.82, 2.24) is 9.97 Å². The Bertz CT molecular complexity index is 775. The van der Waals surface area contributed by atoms with Gasteiger partial charge in [-0.15, -0.1) is 0 Å². The normalized spacial score (nSPS) is 10.2. The van der Waals surface area contributed by atoms with Crippen molar-refractivity contribution >= 4 is 23.0 Å². The molecule has 0 bridgehead atoms. The first kappa shape index (κ1) is 14.8. The van der Waals surface area contributed by atoms with E-state index < -0.39 is 0 Å². The van der Waals surface area contributed by atoms with E-state index in [0.717, 1.165) is 17.1 Å². The Balaban J connectivity index is 1.72. The van der Waals surface area contributed by atoms with Crippen LogP contribution in [-0.4, -0.2) is 17.1 Å². The average molecular weight is 310 g/mol. The van der Waals surface area contributed by atoms with E-state index in [1.54, 1.807) is 25.3 Å². The molecular weight excluding hydrogens is 295 g/mol. The summed E-state index contributed by atoms with van der Waals surface area (Å²) in [7, 11) is 1.63. The standard InChI is InChI=1S/C17H15FN4O/c1-23-15-8-6-14(7-9-15)22-17-10-16(19-11-20-17)21-13-4-2-12(18)3-5-13/h2-11H,1H3,(H2,19,20,21,22). The van der Waals surface area contributed by atoms with Gasteiger partial charge >= 0.3 is 0 Å². The molecule has 3 aromatic rings. The zero-order chi connectivity index (χ0) is 16.1. The van der Waals surface area contributed by atoms with Gasteiger partial charge in [0.2, 0.25) is 0 Å². The van der Waals surface area contributed by atoms with Crippen LogP contribution in [0.2, 0.25) is 0 Å². The molecule has 0 saturated heterocycles. The van der Waals surface area contributed by atoms with E-state index in [4.69, 9.17) is 4.74 Å². The van der Waals surface area contributed by atoms with E-state index in [1.807, 2.05) is 24.3 Å². The third-order valence-corrected chi connectivity index (χ3v) is 3.15. The van der Waals surface area contributed by atoms with Crippen molar-refractivity contribution in [2.24, 2.45) is 0 Å². The third kappa shape index (κ3) is 3.94. The van der Waals surface area contributed by atoms with Gasteiger partial charge in [-0.05, 0) is 48.5 Å². The molecule has 6 heteroatoms. The van der Waals surface area contributed by atoms with Crippen molar-refractivity contribution in [2.45, 2.75) is 0 Å². The maximum atomic E-state index is 12.9. The Labute approximate surface area is 133 Å². The number of nitrogens with one attached hydrogen (secondary N) is 2. The molecule has 0 radical (unpaired) electrons. The van der Waals surface area contributed by atoms with Crippen LogP contribution in [0, 0.1) is 5.82 Å². The summed E-state index contributed by atoms with van der Waals surface area (Å²) in [6.45, 7) is 0. The molecule has 0 aliphatic rings. The molecule has 23 heavy (non-hydrogen) atoms. The SMILES string of the molecule is COc1ccc(Nc2cc(Nc3ccc(F)cc3)ncn2)cc1. The van der Waals surface area contributed by atoms with Gasteiger partial charge in [0.15, 0.2) is 0 Å². The van der Waals surface area contributed by atoms with E-state index in [2.05, 4.69) is 20.6 Å². The summed E-state index contributed by atoms with van der Waals surface area (Å²) in [4.78, 5) is 8.33. The van der Waals surface area contributed by atoms with Crippen LogP contribution in [0.15, 0.2) is 60.9 Å². The van der Waals surface area contributed by atoms with Gasteiger partial charge in [-0.2, -0.15) is 0 Å². The zero-order valence-corrected chi connectivity index (χ0v) is 12.5. The summed E-state index contributed by atoms with van der Waals surface area (Å²) >= 11 is 0. The lowest BCUT2D eigenvalue weighted by molar-refractivity contribution is 0.415. The largest absolute Gasteiger partial charge is 0.497 e. The molecule has 0 atom stereocenters. The number of methoxy groups -OCH3 is 1. The number of nitrogens with zero attached hydrogens (tertiary/aromatic N) is 2. The molecule has 1 heterocycles. The summed E-state index contributed by atoms with van der Waals surface area (Å²) < 4.78 is 18.0. The Kier molecular flexibility index (Phi) is 4.33. The molecule has 0 fully saturated rings. The Hall–Kier alpha value is -3.15.